The number of carboxylic acid groups (broad SMARTS) is 2. The molecule has 0 unspecified atom stereocenters. The minimum Gasteiger partial charge on any atom is -0.475 e. The third kappa shape index (κ3) is 5.78. The fourth-order valence-electron chi connectivity index (χ4n) is 3.27. The quantitative estimate of drug-likeness (QED) is 0.445. The van der Waals surface area contributed by atoms with Gasteiger partial charge in [0.25, 0.3) is 5.95 Å². The van der Waals surface area contributed by atoms with E-state index in [2.05, 4.69) is 25.5 Å². The average Bonchev–Trinajstić information content (AvgIpc) is 3.33. The van der Waals surface area contributed by atoms with Gasteiger partial charge in [0.15, 0.2) is 0 Å². The minimum atomic E-state index is -5.08. The number of hydrogen-bond donors (Lipinski definition) is 3. The highest BCUT2D eigenvalue weighted by Crippen LogP contribution is 2.27. The SMILES string of the molecule is CCc1nn(-c2noc(C3CN(CCNC(=O)O)C3)n2)c2cc(F)ccc12.O=C(O)C(F)(F)F. The van der Waals surface area contributed by atoms with E-state index in [0.29, 0.717) is 30.9 Å². The normalized spacial score (nSPS) is 14.4. The van der Waals surface area contributed by atoms with Crippen molar-refractivity contribution >= 4 is 23.0 Å². The second-order valence-corrected chi connectivity index (χ2v) is 7.30. The van der Waals surface area contributed by atoms with Crippen LogP contribution in [0.2, 0.25) is 0 Å². The summed E-state index contributed by atoms with van der Waals surface area (Å²) in [5.41, 5.74) is 1.45. The molecule has 15 heteroatoms. The zero-order chi connectivity index (χ0) is 25.0. The van der Waals surface area contributed by atoms with Gasteiger partial charge in [0, 0.05) is 37.6 Å². The van der Waals surface area contributed by atoms with Gasteiger partial charge in [0.05, 0.1) is 17.1 Å². The van der Waals surface area contributed by atoms with Crippen LogP contribution < -0.4 is 5.32 Å². The van der Waals surface area contributed by atoms with Gasteiger partial charge in [0.1, 0.15) is 5.82 Å². The van der Waals surface area contributed by atoms with Crippen molar-refractivity contribution in [1.82, 2.24) is 30.1 Å². The second-order valence-electron chi connectivity index (χ2n) is 7.30. The van der Waals surface area contributed by atoms with E-state index in [1.54, 1.807) is 6.07 Å². The first-order valence-corrected chi connectivity index (χ1v) is 10.00. The topological polar surface area (TPSA) is 147 Å². The number of carboxylic acids is 1. The molecular weight excluding hydrogens is 468 g/mol. The van der Waals surface area contributed by atoms with E-state index in [9.17, 15) is 22.4 Å². The van der Waals surface area contributed by atoms with Gasteiger partial charge < -0.3 is 20.1 Å². The Hall–Kier alpha value is -3.75. The molecule has 184 valence electrons. The lowest BCUT2D eigenvalue weighted by Crippen LogP contribution is -2.48. The number of nitrogens with zero attached hydrogens (tertiary/aromatic N) is 5. The lowest BCUT2D eigenvalue weighted by molar-refractivity contribution is -0.192. The van der Waals surface area contributed by atoms with Gasteiger partial charge in [-0.1, -0.05) is 6.92 Å². The van der Waals surface area contributed by atoms with Crippen LogP contribution in [0.1, 0.15) is 24.4 Å². The Morgan fingerprint density at radius 1 is 1.26 bits per heavy atom. The summed E-state index contributed by atoms with van der Waals surface area (Å²) in [6, 6.07) is 4.54. The number of rotatable bonds is 6. The Balaban J connectivity index is 0.000000406. The first-order valence-electron chi connectivity index (χ1n) is 10.00. The molecule has 2 aromatic heterocycles. The Bertz CT molecular complexity index is 1170. The molecule has 1 amide bonds. The van der Waals surface area contributed by atoms with E-state index in [1.165, 1.54) is 16.8 Å². The lowest BCUT2D eigenvalue weighted by Gasteiger charge is -2.36. The van der Waals surface area contributed by atoms with E-state index >= 15 is 0 Å². The standard InChI is InChI=1S/C17H19FN6O3.C2HF3O2/c1-2-13-12-4-3-11(18)7-14(12)24(21-13)16-20-15(27-22-16)10-8-23(9-10)6-5-19-17(25)26;3-2(4,5)1(6)7/h3-4,7,10,19H,2,5-6,8-9H2,1H3,(H,25,26);(H,6,7). The predicted molar refractivity (Wildman–Crippen MR) is 107 cm³/mol. The van der Waals surface area contributed by atoms with Crippen molar-refractivity contribution in [2.24, 2.45) is 0 Å². The van der Waals surface area contributed by atoms with Crippen LogP contribution in [0.4, 0.5) is 22.4 Å². The highest BCUT2D eigenvalue weighted by atomic mass is 19.4. The third-order valence-electron chi connectivity index (χ3n) is 4.93. The summed E-state index contributed by atoms with van der Waals surface area (Å²) < 4.78 is 52.3. The summed E-state index contributed by atoms with van der Waals surface area (Å²) in [5, 5.41) is 27.4. The fourth-order valence-corrected chi connectivity index (χ4v) is 3.27. The highest BCUT2D eigenvalue weighted by molar-refractivity contribution is 5.83. The average molecular weight is 488 g/mol. The number of benzene rings is 1. The van der Waals surface area contributed by atoms with Crippen LogP contribution in [0.25, 0.3) is 16.9 Å². The zero-order valence-corrected chi connectivity index (χ0v) is 17.7. The van der Waals surface area contributed by atoms with Crippen LogP contribution in [-0.4, -0.2) is 79.5 Å². The molecule has 34 heavy (non-hydrogen) atoms. The van der Waals surface area contributed by atoms with E-state index in [1.807, 2.05) is 6.92 Å². The number of aliphatic carboxylic acids is 1. The largest absolute Gasteiger partial charge is 0.490 e. The minimum absolute atomic E-state index is 0.0975. The molecule has 1 saturated heterocycles. The predicted octanol–water partition coefficient (Wildman–Crippen LogP) is 2.41. The summed E-state index contributed by atoms with van der Waals surface area (Å²) >= 11 is 0. The Morgan fingerprint density at radius 3 is 2.53 bits per heavy atom. The van der Waals surface area contributed by atoms with Gasteiger partial charge >= 0.3 is 18.2 Å². The molecule has 4 rings (SSSR count). The number of fused-ring (bicyclic) bond motifs is 1. The lowest BCUT2D eigenvalue weighted by atomic mass is 10.0. The van der Waals surface area contributed by atoms with Crippen molar-refractivity contribution in [3.05, 3.63) is 35.6 Å². The molecule has 1 aliphatic rings. The number of hydrogen-bond acceptors (Lipinski definition) is 7. The molecule has 3 heterocycles. The van der Waals surface area contributed by atoms with Crippen LogP contribution in [0.3, 0.4) is 0 Å². The number of halogens is 4. The Morgan fingerprint density at radius 2 is 1.94 bits per heavy atom. The van der Waals surface area contributed by atoms with Crippen LogP contribution in [-0.2, 0) is 11.2 Å². The van der Waals surface area contributed by atoms with Gasteiger partial charge in [-0.2, -0.15) is 27.9 Å². The second kappa shape index (κ2) is 10.0. The summed E-state index contributed by atoms with van der Waals surface area (Å²) in [6.45, 7) is 4.43. The molecular formula is C19H20F4N6O5. The fraction of sp³-hybridized carbons (Fsp3) is 0.421. The van der Waals surface area contributed by atoms with Crippen LogP contribution in [0, 0.1) is 5.82 Å². The molecule has 0 spiro atoms. The zero-order valence-electron chi connectivity index (χ0n) is 17.7. The van der Waals surface area contributed by atoms with Crippen molar-refractivity contribution in [3.63, 3.8) is 0 Å². The van der Waals surface area contributed by atoms with Crippen LogP contribution >= 0.6 is 0 Å². The van der Waals surface area contributed by atoms with Crippen molar-refractivity contribution in [2.75, 3.05) is 26.2 Å². The molecule has 0 radical (unpaired) electrons. The smallest absolute Gasteiger partial charge is 0.475 e. The van der Waals surface area contributed by atoms with E-state index in [-0.39, 0.29) is 17.7 Å². The molecule has 0 aliphatic carbocycles. The molecule has 0 bridgehead atoms. The summed E-state index contributed by atoms with van der Waals surface area (Å²) in [6.07, 6.45) is -5.40. The molecule has 11 nitrogen and oxygen atoms in total. The number of likely N-dealkylation sites (tertiary alicyclic amines) is 1. The van der Waals surface area contributed by atoms with Gasteiger partial charge in [-0.15, -0.1) is 0 Å². The Labute approximate surface area is 188 Å². The number of aryl methyl sites for hydroxylation is 1. The number of aromatic nitrogens is 4. The number of nitrogens with one attached hydrogen (secondary N) is 1. The first-order chi connectivity index (χ1) is 16.0. The first kappa shape index (κ1) is 24.9. The third-order valence-corrected chi connectivity index (χ3v) is 4.93. The molecule has 1 aromatic carbocycles. The van der Waals surface area contributed by atoms with Crippen LogP contribution in [0.15, 0.2) is 22.7 Å². The molecule has 3 N–H and O–H groups in total. The maximum Gasteiger partial charge on any atom is 0.490 e. The Kier molecular flexibility index (Phi) is 7.34. The van der Waals surface area contributed by atoms with Gasteiger partial charge in [-0.3, -0.25) is 4.90 Å². The number of alkyl halides is 3. The van der Waals surface area contributed by atoms with Gasteiger partial charge in [0.2, 0.25) is 5.89 Å². The maximum absolute atomic E-state index is 13.7. The number of amides is 1. The molecule has 0 atom stereocenters. The van der Waals surface area contributed by atoms with Crippen molar-refractivity contribution < 1.29 is 41.9 Å². The van der Waals surface area contributed by atoms with Crippen LogP contribution in [0.5, 0.6) is 0 Å². The molecule has 3 aromatic rings. The molecule has 1 aliphatic heterocycles. The van der Waals surface area contributed by atoms with E-state index < -0.39 is 18.2 Å². The monoisotopic (exact) mass is 488 g/mol. The molecule has 0 saturated carbocycles. The van der Waals surface area contributed by atoms with Crippen molar-refractivity contribution in [3.8, 4) is 5.95 Å². The molecule has 1 fully saturated rings. The van der Waals surface area contributed by atoms with Crippen molar-refractivity contribution in [1.29, 1.82) is 0 Å². The van der Waals surface area contributed by atoms with Crippen molar-refractivity contribution in [2.45, 2.75) is 25.4 Å². The summed E-state index contributed by atoms with van der Waals surface area (Å²) in [4.78, 5) is 25.9. The van der Waals surface area contributed by atoms with E-state index in [0.717, 1.165) is 24.2 Å². The number of carbonyl (C=O) groups is 2. The highest BCUT2D eigenvalue weighted by Gasteiger charge is 2.38. The summed E-state index contributed by atoms with van der Waals surface area (Å²) in [5.74, 6) is -2.22. The van der Waals surface area contributed by atoms with Gasteiger partial charge in [-0.25, -0.2) is 14.0 Å². The maximum atomic E-state index is 13.7. The van der Waals surface area contributed by atoms with E-state index in [4.69, 9.17) is 19.5 Å². The van der Waals surface area contributed by atoms with Gasteiger partial charge in [-0.05, 0) is 23.7 Å². The summed E-state index contributed by atoms with van der Waals surface area (Å²) in [7, 11) is 0.